The van der Waals surface area contributed by atoms with Gasteiger partial charge in [0.05, 0.1) is 0 Å². The largest absolute Gasteiger partial charge is 0.310 e. The van der Waals surface area contributed by atoms with Gasteiger partial charge in [-0.15, -0.1) is 11.3 Å². The van der Waals surface area contributed by atoms with E-state index in [0.29, 0.717) is 0 Å². The summed E-state index contributed by atoms with van der Waals surface area (Å²) in [7, 11) is 0. The standard InChI is InChI=1S/C52H37NS/c1-51(34-15-5-3-6-16-34)45-22-12-9-19-39(45)41-28-25-36(31-47(41)51)53(38-27-30-44-43-21-11-14-24-49(43)54-50(44)33-38)37-26-29-42-40-20-10-13-23-46(40)52(2,48(42)32-37)35-17-7-4-8-18-35/h3-33H,1-2H3. The molecule has 0 amide bonds. The van der Waals surface area contributed by atoms with Crippen LogP contribution in [0, 0.1) is 0 Å². The lowest BCUT2D eigenvalue weighted by Gasteiger charge is -2.32. The number of hydrogen-bond acceptors (Lipinski definition) is 2. The zero-order valence-electron chi connectivity index (χ0n) is 30.3. The molecule has 2 atom stereocenters. The molecule has 256 valence electrons. The number of benzene rings is 8. The van der Waals surface area contributed by atoms with Crippen molar-refractivity contribution >= 4 is 48.6 Å². The third-order valence-corrected chi connectivity index (χ3v) is 13.6. The van der Waals surface area contributed by atoms with E-state index < -0.39 is 0 Å². The van der Waals surface area contributed by atoms with Crippen LogP contribution in [-0.4, -0.2) is 0 Å². The molecule has 8 aromatic carbocycles. The molecule has 2 heteroatoms. The normalized spacial score (nSPS) is 18.0. The van der Waals surface area contributed by atoms with Crippen LogP contribution in [0.3, 0.4) is 0 Å². The average Bonchev–Trinajstić information content (AvgIpc) is 3.83. The van der Waals surface area contributed by atoms with Crippen molar-refractivity contribution in [3.63, 3.8) is 0 Å². The van der Waals surface area contributed by atoms with Crippen molar-refractivity contribution in [2.45, 2.75) is 24.7 Å². The Morgan fingerprint density at radius 1 is 0.352 bits per heavy atom. The summed E-state index contributed by atoms with van der Waals surface area (Å²) in [5.41, 5.74) is 16.1. The fourth-order valence-electron chi connectivity index (χ4n) is 9.70. The summed E-state index contributed by atoms with van der Waals surface area (Å²) in [6.07, 6.45) is 0. The monoisotopic (exact) mass is 707 g/mol. The zero-order chi connectivity index (χ0) is 36.0. The molecular weight excluding hydrogens is 671 g/mol. The number of hydrogen-bond donors (Lipinski definition) is 0. The number of rotatable bonds is 5. The molecule has 0 bridgehead atoms. The molecular formula is C52H37NS. The molecule has 1 heterocycles. The third-order valence-electron chi connectivity index (χ3n) is 12.4. The van der Waals surface area contributed by atoms with E-state index in [1.165, 1.54) is 75.8 Å². The second-order valence-corrected chi connectivity index (χ2v) is 16.2. The van der Waals surface area contributed by atoms with E-state index in [0.717, 1.165) is 17.1 Å². The van der Waals surface area contributed by atoms with Crippen molar-refractivity contribution in [2.24, 2.45) is 0 Å². The Bertz CT molecular complexity index is 2780. The molecule has 9 aromatic rings. The lowest BCUT2D eigenvalue weighted by Crippen LogP contribution is -2.23. The van der Waals surface area contributed by atoms with E-state index in [1.54, 1.807) is 0 Å². The number of fused-ring (bicyclic) bond motifs is 9. The molecule has 1 aromatic heterocycles. The summed E-state index contributed by atoms with van der Waals surface area (Å²) in [5.74, 6) is 0. The molecule has 0 spiro atoms. The Kier molecular flexibility index (Phi) is 6.75. The Hall–Kier alpha value is -6.22. The Morgan fingerprint density at radius 2 is 0.778 bits per heavy atom. The summed E-state index contributed by atoms with van der Waals surface area (Å²) in [6, 6.07) is 70.1. The molecule has 1 nitrogen and oxygen atoms in total. The number of anilines is 3. The van der Waals surface area contributed by atoms with E-state index >= 15 is 0 Å². The first-order chi connectivity index (χ1) is 26.5. The summed E-state index contributed by atoms with van der Waals surface area (Å²) >= 11 is 1.87. The van der Waals surface area contributed by atoms with E-state index in [4.69, 9.17) is 0 Å². The maximum Gasteiger partial charge on any atom is 0.0476 e. The van der Waals surface area contributed by atoms with Gasteiger partial charge in [-0.2, -0.15) is 0 Å². The van der Waals surface area contributed by atoms with Gasteiger partial charge < -0.3 is 4.90 Å². The van der Waals surface area contributed by atoms with Crippen LogP contribution in [0.1, 0.15) is 47.2 Å². The highest BCUT2D eigenvalue weighted by atomic mass is 32.1. The first kappa shape index (κ1) is 31.3. The second-order valence-electron chi connectivity index (χ2n) is 15.1. The first-order valence-corrected chi connectivity index (χ1v) is 19.7. The average molecular weight is 708 g/mol. The van der Waals surface area contributed by atoms with Gasteiger partial charge in [0.15, 0.2) is 0 Å². The molecule has 11 rings (SSSR count). The van der Waals surface area contributed by atoms with Crippen LogP contribution in [0.15, 0.2) is 188 Å². The van der Waals surface area contributed by atoms with Crippen molar-refractivity contribution in [3.05, 3.63) is 221 Å². The Morgan fingerprint density at radius 3 is 1.35 bits per heavy atom. The van der Waals surface area contributed by atoms with Crippen LogP contribution in [0.5, 0.6) is 0 Å². The maximum atomic E-state index is 2.49. The maximum absolute atomic E-state index is 2.49. The molecule has 2 unspecified atom stereocenters. The van der Waals surface area contributed by atoms with Gasteiger partial charge in [0.1, 0.15) is 0 Å². The number of thiophene rings is 1. The van der Waals surface area contributed by atoms with Crippen LogP contribution in [0.2, 0.25) is 0 Å². The lowest BCUT2D eigenvalue weighted by atomic mass is 9.74. The highest BCUT2D eigenvalue weighted by Gasteiger charge is 2.43. The molecule has 2 aliphatic carbocycles. The first-order valence-electron chi connectivity index (χ1n) is 18.8. The van der Waals surface area contributed by atoms with Crippen LogP contribution < -0.4 is 4.90 Å². The highest BCUT2D eigenvalue weighted by Crippen LogP contribution is 2.56. The molecule has 54 heavy (non-hydrogen) atoms. The Labute approximate surface area is 320 Å². The molecule has 0 saturated heterocycles. The van der Waals surface area contributed by atoms with Gasteiger partial charge in [0.25, 0.3) is 0 Å². The quantitative estimate of drug-likeness (QED) is 0.172. The predicted molar refractivity (Wildman–Crippen MR) is 229 cm³/mol. The molecule has 0 fully saturated rings. The van der Waals surface area contributed by atoms with E-state index in [2.05, 4.69) is 207 Å². The summed E-state index contributed by atoms with van der Waals surface area (Å²) in [6.45, 7) is 4.81. The fourth-order valence-corrected chi connectivity index (χ4v) is 10.8. The Balaban J connectivity index is 1.16. The van der Waals surface area contributed by atoms with Gasteiger partial charge >= 0.3 is 0 Å². The molecule has 0 radical (unpaired) electrons. The SMILES string of the molecule is CC1(c2ccccc2)c2ccccc2-c2ccc(N(c3ccc4c(c3)C(C)(c3ccccc3)c3ccccc3-4)c3ccc4c(c3)sc3ccccc34)cc21. The van der Waals surface area contributed by atoms with E-state index in [9.17, 15) is 0 Å². The van der Waals surface area contributed by atoms with Gasteiger partial charge in [-0.1, -0.05) is 146 Å². The highest BCUT2D eigenvalue weighted by molar-refractivity contribution is 7.25. The van der Waals surface area contributed by atoms with Crippen molar-refractivity contribution < 1.29 is 0 Å². The smallest absolute Gasteiger partial charge is 0.0476 e. The van der Waals surface area contributed by atoms with Crippen LogP contribution >= 0.6 is 11.3 Å². The minimum absolute atomic E-state index is 0.296. The van der Waals surface area contributed by atoms with E-state index in [-0.39, 0.29) is 10.8 Å². The van der Waals surface area contributed by atoms with Gasteiger partial charge in [-0.05, 0) is 112 Å². The van der Waals surface area contributed by atoms with Gasteiger partial charge in [-0.3, -0.25) is 0 Å². The van der Waals surface area contributed by atoms with Gasteiger partial charge in [-0.25, -0.2) is 0 Å². The predicted octanol–water partition coefficient (Wildman–Crippen LogP) is 14.2. The summed E-state index contributed by atoms with van der Waals surface area (Å²) in [4.78, 5) is 2.49. The summed E-state index contributed by atoms with van der Waals surface area (Å²) < 4.78 is 2.61. The lowest BCUT2D eigenvalue weighted by molar-refractivity contribution is 0.713. The zero-order valence-corrected chi connectivity index (χ0v) is 31.1. The van der Waals surface area contributed by atoms with Crippen LogP contribution in [0.25, 0.3) is 42.4 Å². The van der Waals surface area contributed by atoms with Crippen LogP contribution in [0.4, 0.5) is 17.1 Å². The van der Waals surface area contributed by atoms with Crippen LogP contribution in [-0.2, 0) is 10.8 Å². The van der Waals surface area contributed by atoms with Crippen molar-refractivity contribution in [3.8, 4) is 22.3 Å². The van der Waals surface area contributed by atoms with Gasteiger partial charge in [0, 0.05) is 48.1 Å². The topological polar surface area (TPSA) is 3.24 Å². The second kappa shape index (κ2) is 11.6. The summed E-state index contributed by atoms with van der Waals surface area (Å²) in [5, 5.41) is 2.62. The van der Waals surface area contributed by atoms with Crippen molar-refractivity contribution in [2.75, 3.05) is 4.90 Å². The molecule has 0 saturated carbocycles. The molecule has 0 N–H and O–H groups in total. The molecule has 2 aliphatic rings. The minimum atomic E-state index is -0.296. The third kappa shape index (κ3) is 4.32. The van der Waals surface area contributed by atoms with Gasteiger partial charge in [0.2, 0.25) is 0 Å². The van der Waals surface area contributed by atoms with E-state index in [1.807, 2.05) is 11.3 Å². The minimum Gasteiger partial charge on any atom is -0.310 e. The van der Waals surface area contributed by atoms with Crippen molar-refractivity contribution in [1.82, 2.24) is 0 Å². The fraction of sp³-hybridized carbons (Fsp3) is 0.0769. The van der Waals surface area contributed by atoms with Crippen molar-refractivity contribution in [1.29, 1.82) is 0 Å². The number of nitrogens with zero attached hydrogens (tertiary/aromatic N) is 1. The molecule has 0 aliphatic heterocycles.